The summed E-state index contributed by atoms with van der Waals surface area (Å²) in [5, 5.41) is 8.52. The Balaban J connectivity index is -0.0000000800. The van der Waals surface area contributed by atoms with Gasteiger partial charge in [0.15, 0.2) is 34.7 Å². The first-order valence-electron chi connectivity index (χ1n) is 1.72. The summed E-state index contributed by atoms with van der Waals surface area (Å²) in [7, 11) is 0. The van der Waals surface area contributed by atoms with E-state index in [1.54, 1.807) is 20.8 Å². The molecule has 0 atom stereocenters. The van der Waals surface area contributed by atoms with Crippen LogP contribution in [0.4, 0.5) is 0 Å². The molecule has 3 heteroatoms. The Hall–Kier alpha value is 1.02. The average Bonchev–Trinajstić information content (AvgIpc) is 0.722. The zero-order valence-corrected chi connectivity index (χ0v) is 3.95. The molecule has 0 spiro atoms. The van der Waals surface area contributed by atoms with E-state index in [1.807, 2.05) is 0 Å². The van der Waals surface area contributed by atoms with E-state index in [4.69, 9.17) is 5.11 Å². The van der Waals surface area contributed by atoms with Crippen molar-refractivity contribution in [2.24, 2.45) is 0 Å². The molecule has 0 radical (unpaired) electrons. The van der Waals surface area contributed by atoms with Crippen LogP contribution in [0.15, 0.2) is 0 Å². The lowest BCUT2D eigenvalue weighted by Gasteiger charge is -2.04. The van der Waals surface area contributed by atoms with E-state index in [2.05, 4.69) is 0 Å². The second-order valence-corrected chi connectivity index (χ2v) is 2.17. The molecule has 0 saturated heterocycles. The van der Waals surface area contributed by atoms with Gasteiger partial charge in [0.2, 0.25) is 0 Å². The minimum absolute atomic E-state index is 0. The van der Waals surface area contributed by atoms with E-state index < -0.39 is 5.60 Å². The van der Waals surface area contributed by atoms with Crippen molar-refractivity contribution in [1.29, 1.82) is 0 Å². The fourth-order valence-corrected chi connectivity index (χ4v) is 0. The molecule has 0 saturated carbocycles. The Bertz CT molecular complexity index is 25.2. The maximum atomic E-state index is 8.52. The summed E-state index contributed by atoms with van der Waals surface area (Å²) < 4.78 is 0. The first kappa shape index (κ1) is 15.7. The fourth-order valence-electron chi connectivity index (χ4n) is 0. The Morgan fingerprint density at radius 1 is 1.00 bits per heavy atom. The maximum Gasteiger partial charge on any atom is 0.187 e. The Morgan fingerprint density at radius 3 is 1.00 bits per heavy atom. The third-order valence-corrected chi connectivity index (χ3v) is 0. The molecule has 1 nitrogen and oxygen atoms in total. The predicted octanol–water partition coefficient (Wildman–Crippen LogP) is -1.59. The van der Waals surface area contributed by atoms with Crippen molar-refractivity contribution in [3.63, 3.8) is 0 Å². The highest BCUT2D eigenvalue weighted by atomic mass is 27.0. The zero-order valence-electron chi connectivity index (χ0n) is 3.95. The smallest absolute Gasteiger partial charge is 0.187 e. The Labute approximate surface area is 66.4 Å². The highest BCUT2D eigenvalue weighted by Gasteiger charge is 1.97. The normalized spacial score (nSPS) is 8.57. The van der Waals surface area contributed by atoms with Crippen LogP contribution < -0.4 is 0 Å². The lowest BCUT2D eigenvalue weighted by Crippen LogP contribution is -2.10. The van der Waals surface area contributed by atoms with Gasteiger partial charge in [0.1, 0.15) is 0 Å². The number of rotatable bonds is 0. The van der Waals surface area contributed by atoms with Gasteiger partial charge in [-0.15, -0.1) is 0 Å². The molecule has 0 aliphatic rings. The molecule has 0 unspecified atom stereocenters. The lowest BCUT2D eigenvalue weighted by molar-refractivity contribution is 0.102. The Morgan fingerprint density at radius 2 is 1.00 bits per heavy atom. The van der Waals surface area contributed by atoms with Gasteiger partial charge in [-0.1, -0.05) is 0 Å². The second kappa shape index (κ2) is 5.17. The van der Waals surface area contributed by atoms with E-state index in [0.29, 0.717) is 0 Å². The number of aliphatic hydroxyl groups is 1. The van der Waals surface area contributed by atoms with Gasteiger partial charge in [-0.05, 0) is 20.8 Å². The molecule has 44 valence electrons. The summed E-state index contributed by atoms with van der Waals surface area (Å²) >= 11 is 0. The van der Waals surface area contributed by atoms with Gasteiger partial charge in [0.25, 0.3) is 0 Å². The minimum Gasteiger partial charge on any atom is -0.391 e. The zero-order chi connectivity index (χ0) is 4.50. The van der Waals surface area contributed by atoms with Gasteiger partial charge in [-0.2, -0.15) is 0 Å². The molecule has 7 heavy (non-hydrogen) atoms. The molecule has 0 amide bonds. The fraction of sp³-hybridized carbons (Fsp3) is 1.00. The van der Waals surface area contributed by atoms with E-state index in [1.165, 1.54) is 0 Å². The molecular formula is C4H16Al2O. The van der Waals surface area contributed by atoms with Gasteiger partial charge >= 0.3 is 0 Å². The van der Waals surface area contributed by atoms with Crippen molar-refractivity contribution in [3.05, 3.63) is 0 Å². The van der Waals surface area contributed by atoms with Crippen molar-refractivity contribution in [2.45, 2.75) is 26.4 Å². The van der Waals surface area contributed by atoms with Crippen molar-refractivity contribution < 1.29 is 5.11 Å². The lowest BCUT2D eigenvalue weighted by atomic mass is 10.2. The third kappa shape index (κ3) is 169. The van der Waals surface area contributed by atoms with Crippen LogP contribution in [0.1, 0.15) is 20.8 Å². The molecule has 0 aromatic carbocycles. The molecular weight excluding hydrogens is 118 g/mol. The van der Waals surface area contributed by atoms with Gasteiger partial charge in [-0.3, -0.25) is 0 Å². The molecule has 1 N–H and O–H groups in total. The first-order valence-corrected chi connectivity index (χ1v) is 1.72. The SMILES string of the molecule is CC(C)(C)O.[AlH3].[AlH3]. The van der Waals surface area contributed by atoms with Crippen LogP contribution >= 0.6 is 0 Å². The van der Waals surface area contributed by atoms with Crippen LogP contribution in [0, 0.1) is 0 Å². The van der Waals surface area contributed by atoms with Gasteiger partial charge in [0, 0.05) is 0 Å². The molecule has 0 heterocycles. The first-order chi connectivity index (χ1) is 2.00. The number of hydrogen-bond acceptors (Lipinski definition) is 1. The Kier molecular flexibility index (Phi) is 11.6. The topological polar surface area (TPSA) is 20.2 Å². The van der Waals surface area contributed by atoms with Crippen LogP contribution in [-0.2, 0) is 0 Å². The van der Waals surface area contributed by atoms with Crippen LogP contribution in [-0.4, -0.2) is 45.4 Å². The van der Waals surface area contributed by atoms with Crippen molar-refractivity contribution in [1.82, 2.24) is 0 Å². The highest BCUT2D eigenvalue weighted by molar-refractivity contribution is 5.76. The molecule has 0 aliphatic heterocycles. The second-order valence-electron chi connectivity index (χ2n) is 2.17. The highest BCUT2D eigenvalue weighted by Crippen LogP contribution is 1.93. The molecule has 0 rings (SSSR count). The summed E-state index contributed by atoms with van der Waals surface area (Å²) in [6.07, 6.45) is 0. The maximum absolute atomic E-state index is 8.52. The number of hydrogen-bond donors (Lipinski definition) is 1. The summed E-state index contributed by atoms with van der Waals surface area (Å²) in [6.45, 7) is 5.23. The van der Waals surface area contributed by atoms with Gasteiger partial charge < -0.3 is 5.11 Å². The van der Waals surface area contributed by atoms with Crippen LogP contribution in [0.2, 0.25) is 0 Å². The van der Waals surface area contributed by atoms with Gasteiger partial charge in [-0.25, -0.2) is 0 Å². The van der Waals surface area contributed by atoms with Crippen molar-refractivity contribution >= 4 is 34.7 Å². The monoisotopic (exact) mass is 134 g/mol. The minimum atomic E-state index is -0.500. The van der Waals surface area contributed by atoms with E-state index in [9.17, 15) is 0 Å². The summed E-state index contributed by atoms with van der Waals surface area (Å²) in [4.78, 5) is 0. The molecule has 0 bridgehead atoms. The van der Waals surface area contributed by atoms with Crippen LogP contribution in [0.5, 0.6) is 0 Å². The molecule has 0 aliphatic carbocycles. The molecule has 0 aromatic heterocycles. The summed E-state index contributed by atoms with van der Waals surface area (Å²) in [5.41, 5.74) is -0.500. The molecule has 0 fully saturated rings. The largest absolute Gasteiger partial charge is 0.391 e. The standard InChI is InChI=1S/C4H10O.2Al.6H/c1-4(2,3)5;;;;;;;;/h5H,1-3H3;;;;;;;;. The average molecular weight is 134 g/mol. The van der Waals surface area contributed by atoms with Gasteiger partial charge in [0.05, 0.1) is 5.60 Å². The third-order valence-electron chi connectivity index (χ3n) is 0. The van der Waals surface area contributed by atoms with Crippen molar-refractivity contribution in [2.75, 3.05) is 0 Å². The van der Waals surface area contributed by atoms with E-state index in [0.717, 1.165) is 0 Å². The predicted molar refractivity (Wildman–Crippen MR) is 41.8 cm³/mol. The van der Waals surface area contributed by atoms with E-state index >= 15 is 0 Å². The molecule has 0 aromatic rings. The summed E-state index contributed by atoms with van der Waals surface area (Å²) in [5.74, 6) is 0. The van der Waals surface area contributed by atoms with Crippen LogP contribution in [0.3, 0.4) is 0 Å². The van der Waals surface area contributed by atoms with E-state index in [-0.39, 0.29) is 34.7 Å². The van der Waals surface area contributed by atoms with Crippen molar-refractivity contribution in [3.8, 4) is 0 Å². The summed E-state index contributed by atoms with van der Waals surface area (Å²) in [6, 6.07) is 0. The van der Waals surface area contributed by atoms with Crippen LogP contribution in [0.25, 0.3) is 0 Å². The quantitative estimate of drug-likeness (QED) is 0.396.